The second kappa shape index (κ2) is 9.12. The van der Waals surface area contributed by atoms with Crippen molar-refractivity contribution in [2.24, 2.45) is 5.92 Å². The maximum atomic E-state index is 12.2. The van der Waals surface area contributed by atoms with Crippen LogP contribution in [-0.2, 0) is 19.1 Å². The van der Waals surface area contributed by atoms with Crippen molar-refractivity contribution in [2.75, 3.05) is 13.2 Å². The Balaban J connectivity index is 0.000000139. The lowest BCUT2D eigenvalue weighted by atomic mass is 10.0. The van der Waals surface area contributed by atoms with Crippen LogP contribution in [0.3, 0.4) is 0 Å². The monoisotopic (exact) mass is 446 g/mol. The Morgan fingerprint density at radius 1 is 0.848 bits per heavy atom. The van der Waals surface area contributed by atoms with Crippen LogP contribution in [0.25, 0.3) is 0 Å². The zero-order valence-electron chi connectivity index (χ0n) is 18.9. The van der Waals surface area contributed by atoms with Crippen LogP contribution >= 0.6 is 0 Å². The second-order valence-corrected chi connectivity index (χ2v) is 9.11. The minimum absolute atomic E-state index is 0.0383. The quantitative estimate of drug-likeness (QED) is 0.663. The smallest absolute Gasteiger partial charge is 0.251 e. The SMILES string of the molecule is C=C1CC2CO[C@H](c3ccccc3)N2C1=O.CCC1CC2CO[C@H](c3ccccc3)N2C1=O. The molecule has 0 saturated carbocycles. The van der Waals surface area contributed by atoms with E-state index in [2.05, 4.69) is 13.5 Å². The summed E-state index contributed by atoms with van der Waals surface area (Å²) in [7, 11) is 0. The molecule has 0 aromatic heterocycles. The standard InChI is InChI=1S/C14H17NO2.C13H13NO2/c1-2-10-8-12-9-17-14(15(12)13(10)16)11-6-4-3-5-7-11;1-9-7-11-8-16-13(14(11)12(9)15)10-5-3-2-4-6-10/h3-7,10,12,14H,2,8-9H2,1H3;2-6,11,13H,1,7-8H2/t10?,12?,14-;11?,13-/m11/s1. The molecule has 2 amide bonds. The Morgan fingerprint density at radius 2 is 1.39 bits per heavy atom. The molecule has 0 radical (unpaired) electrons. The van der Waals surface area contributed by atoms with Gasteiger partial charge in [-0.3, -0.25) is 9.59 Å². The van der Waals surface area contributed by atoms with E-state index in [9.17, 15) is 9.59 Å². The number of hydrogen-bond donors (Lipinski definition) is 0. The van der Waals surface area contributed by atoms with Crippen molar-refractivity contribution in [2.45, 2.75) is 50.7 Å². The molecule has 0 spiro atoms. The largest absolute Gasteiger partial charge is 0.352 e. The first-order valence-electron chi connectivity index (χ1n) is 11.7. The van der Waals surface area contributed by atoms with Crippen LogP contribution in [0.1, 0.15) is 49.8 Å². The van der Waals surface area contributed by atoms with E-state index >= 15 is 0 Å². The molecule has 172 valence electrons. The zero-order valence-corrected chi connectivity index (χ0v) is 18.9. The molecule has 4 fully saturated rings. The minimum atomic E-state index is -0.224. The second-order valence-electron chi connectivity index (χ2n) is 9.11. The van der Waals surface area contributed by atoms with Crippen molar-refractivity contribution in [3.05, 3.63) is 83.9 Å². The van der Waals surface area contributed by atoms with E-state index < -0.39 is 0 Å². The Labute approximate surface area is 194 Å². The normalized spacial score (nSPS) is 30.3. The van der Waals surface area contributed by atoms with Gasteiger partial charge in [0.1, 0.15) is 0 Å². The number of carbonyl (C=O) groups excluding carboxylic acids is 2. The van der Waals surface area contributed by atoms with Gasteiger partial charge in [-0.05, 0) is 12.8 Å². The first-order chi connectivity index (χ1) is 16.1. The maximum absolute atomic E-state index is 12.2. The molecule has 2 aromatic carbocycles. The molecule has 6 nitrogen and oxygen atoms in total. The summed E-state index contributed by atoms with van der Waals surface area (Å²) >= 11 is 0. The molecule has 4 aliphatic rings. The predicted octanol–water partition coefficient (Wildman–Crippen LogP) is 4.22. The van der Waals surface area contributed by atoms with E-state index in [1.807, 2.05) is 70.5 Å². The van der Waals surface area contributed by atoms with Gasteiger partial charge in [0.15, 0.2) is 12.5 Å². The first kappa shape index (κ1) is 21.9. The van der Waals surface area contributed by atoms with Crippen molar-refractivity contribution in [1.82, 2.24) is 9.80 Å². The summed E-state index contributed by atoms with van der Waals surface area (Å²) in [5.74, 6) is 0.510. The highest BCUT2D eigenvalue weighted by Gasteiger charge is 2.47. The molecule has 0 N–H and O–H groups in total. The van der Waals surface area contributed by atoms with Gasteiger partial charge in [0.25, 0.3) is 5.91 Å². The van der Waals surface area contributed by atoms with E-state index in [1.54, 1.807) is 0 Å². The average Bonchev–Trinajstić information content (AvgIpc) is 3.59. The highest BCUT2D eigenvalue weighted by Crippen LogP contribution is 2.40. The van der Waals surface area contributed by atoms with Crippen molar-refractivity contribution in [1.29, 1.82) is 0 Å². The van der Waals surface area contributed by atoms with E-state index in [0.29, 0.717) is 18.8 Å². The fraction of sp³-hybridized carbons (Fsp3) is 0.407. The van der Waals surface area contributed by atoms with Crippen molar-refractivity contribution in [3.63, 3.8) is 0 Å². The van der Waals surface area contributed by atoms with E-state index in [1.165, 1.54) is 0 Å². The highest BCUT2D eigenvalue weighted by molar-refractivity contribution is 5.96. The number of rotatable bonds is 3. The number of amides is 2. The number of nitrogens with zero attached hydrogens (tertiary/aromatic N) is 2. The van der Waals surface area contributed by atoms with Crippen LogP contribution in [0.4, 0.5) is 0 Å². The molecule has 0 bridgehead atoms. The van der Waals surface area contributed by atoms with Crippen molar-refractivity contribution < 1.29 is 19.1 Å². The summed E-state index contributed by atoms with van der Waals surface area (Å²) in [6.07, 6.45) is 2.25. The number of benzene rings is 2. The summed E-state index contributed by atoms with van der Waals surface area (Å²) in [5.41, 5.74) is 2.82. The first-order valence-corrected chi connectivity index (χ1v) is 11.7. The Morgan fingerprint density at radius 3 is 1.97 bits per heavy atom. The summed E-state index contributed by atoms with van der Waals surface area (Å²) in [6.45, 7) is 7.18. The average molecular weight is 447 g/mol. The van der Waals surface area contributed by atoms with Crippen molar-refractivity contribution in [3.8, 4) is 0 Å². The minimum Gasteiger partial charge on any atom is -0.352 e. The van der Waals surface area contributed by atoms with Crippen LogP contribution in [-0.4, -0.2) is 46.9 Å². The zero-order chi connectivity index (χ0) is 22.9. The van der Waals surface area contributed by atoms with Gasteiger partial charge in [-0.15, -0.1) is 0 Å². The third kappa shape index (κ3) is 3.98. The molecule has 4 saturated heterocycles. The van der Waals surface area contributed by atoms with E-state index in [-0.39, 0.29) is 42.3 Å². The molecule has 2 aromatic rings. The molecule has 4 aliphatic heterocycles. The molecule has 3 unspecified atom stereocenters. The van der Waals surface area contributed by atoms with Crippen LogP contribution in [0.15, 0.2) is 72.8 Å². The van der Waals surface area contributed by atoms with Crippen LogP contribution in [0, 0.1) is 5.92 Å². The molecular formula is C27H30N2O4. The van der Waals surface area contributed by atoms with E-state index in [0.717, 1.165) is 30.4 Å². The van der Waals surface area contributed by atoms with Gasteiger partial charge < -0.3 is 19.3 Å². The van der Waals surface area contributed by atoms with Gasteiger partial charge in [-0.25, -0.2) is 0 Å². The number of hydrogen-bond acceptors (Lipinski definition) is 4. The third-order valence-corrected chi connectivity index (χ3v) is 7.03. The molecule has 4 heterocycles. The number of ether oxygens (including phenoxy) is 2. The summed E-state index contributed by atoms with van der Waals surface area (Å²) in [4.78, 5) is 27.9. The predicted molar refractivity (Wildman–Crippen MR) is 124 cm³/mol. The lowest BCUT2D eigenvalue weighted by molar-refractivity contribution is -0.137. The molecule has 6 heteroatoms. The summed E-state index contributed by atoms with van der Waals surface area (Å²) in [5, 5.41) is 0. The summed E-state index contributed by atoms with van der Waals surface area (Å²) < 4.78 is 11.5. The molecule has 33 heavy (non-hydrogen) atoms. The van der Waals surface area contributed by atoms with Gasteiger partial charge in [0.2, 0.25) is 5.91 Å². The van der Waals surface area contributed by atoms with Gasteiger partial charge in [0.05, 0.1) is 25.3 Å². The number of carbonyl (C=O) groups is 2. The maximum Gasteiger partial charge on any atom is 0.251 e. The van der Waals surface area contributed by atoms with E-state index in [4.69, 9.17) is 9.47 Å². The highest BCUT2D eigenvalue weighted by atomic mass is 16.5. The topological polar surface area (TPSA) is 59.1 Å². The van der Waals surface area contributed by atoms with Gasteiger partial charge in [-0.2, -0.15) is 0 Å². The van der Waals surface area contributed by atoms with Crippen LogP contribution < -0.4 is 0 Å². The van der Waals surface area contributed by atoms with Gasteiger partial charge in [-0.1, -0.05) is 74.2 Å². The molecular weight excluding hydrogens is 416 g/mol. The fourth-order valence-electron chi connectivity index (χ4n) is 5.30. The van der Waals surface area contributed by atoms with Crippen LogP contribution in [0.2, 0.25) is 0 Å². The van der Waals surface area contributed by atoms with Gasteiger partial charge in [0, 0.05) is 29.0 Å². The molecule has 6 rings (SSSR count). The van der Waals surface area contributed by atoms with Gasteiger partial charge >= 0.3 is 0 Å². The lowest BCUT2D eigenvalue weighted by Gasteiger charge is -2.23. The third-order valence-electron chi connectivity index (χ3n) is 7.03. The Kier molecular flexibility index (Phi) is 6.04. The Hall–Kier alpha value is -2.96. The summed E-state index contributed by atoms with van der Waals surface area (Å²) in [6, 6.07) is 20.3. The molecule has 5 atom stereocenters. The fourth-order valence-corrected chi connectivity index (χ4v) is 5.30. The van der Waals surface area contributed by atoms with Crippen LogP contribution in [0.5, 0.6) is 0 Å². The number of fused-ring (bicyclic) bond motifs is 2. The Bertz CT molecular complexity index is 1020. The van der Waals surface area contributed by atoms with Crippen molar-refractivity contribution >= 4 is 11.8 Å². The molecule has 0 aliphatic carbocycles. The lowest BCUT2D eigenvalue weighted by Crippen LogP contribution is -2.32.